The van der Waals surface area contributed by atoms with Gasteiger partial charge in [-0.1, -0.05) is 54.6 Å². The average Bonchev–Trinajstić information content (AvgIpc) is 2.53. The lowest BCUT2D eigenvalue weighted by Gasteiger charge is -2.22. The Kier molecular flexibility index (Phi) is 3.56. The molecule has 3 heteroatoms. The summed E-state index contributed by atoms with van der Waals surface area (Å²) in [5, 5.41) is 0. The van der Waals surface area contributed by atoms with Crippen LogP contribution in [0.25, 0.3) is 11.6 Å². The molecule has 104 valence electrons. The molecule has 0 saturated heterocycles. The van der Waals surface area contributed by atoms with Gasteiger partial charge in [0.05, 0.1) is 5.57 Å². The molecule has 0 saturated carbocycles. The SMILES string of the molecule is NC(=O)C(=CN1C=Cc2ccccc2C1)c1ccccc1. The van der Waals surface area contributed by atoms with Gasteiger partial charge in [0.1, 0.15) is 0 Å². The monoisotopic (exact) mass is 276 g/mol. The number of amides is 1. The molecule has 0 aromatic heterocycles. The van der Waals surface area contributed by atoms with Gasteiger partial charge in [0.2, 0.25) is 0 Å². The lowest BCUT2D eigenvalue weighted by atomic mass is 10.0. The summed E-state index contributed by atoms with van der Waals surface area (Å²) in [7, 11) is 0. The highest BCUT2D eigenvalue weighted by Gasteiger charge is 2.12. The molecule has 1 heterocycles. The molecule has 1 amide bonds. The Hall–Kier alpha value is -2.81. The Morgan fingerprint density at radius 1 is 1.05 bits per heavy atom. The zero-order chi connectivity index (χ0) is 14.7. The van der Waals surface area contributed by atoms with Crippen molar-refractivity contribution in [1.29, 1.82) is 0 Å². The number of hydrogen-bond donors (Lipinski definition) is 1. The number of fused-ring (bicyclic) bond motifs is 1. The Morgan fingerprint density at radius 3 is 2.52 bits per heavy atom. The molecule has 0 bridgehead atoms. The molecule has 0 spiro atoms. The molecule has 3 nitrogen and oxygen atoms in total. The van der Waals surface area contributed by atoms with Crippen molar-refractivity contribution >= 4 is 17.6 Å². The molecule has 0 fully saturated rings. The minimum absolute atomic E-state index is 0.423. The van der Waals surface area contributed by atoms with Crippen molar-refractivity contribution in [2.75, 3.05) is 0 Å². The van der Waals surface area contributed by atoms with Crippen molar-refractivity contribution in [3.05, 3.63) is 83.7 Å². The van der Waals surface area contributed by atoms with Crippen LogP contribution >= 0.6 is 0 Å². The maximum atomic E-state index is 11.7. The third-order valence-electron chi connectivity index (χ3n) is 3.50. The summed E-state index contributed by atoms with van der Waals surface area (Å²) >= 11 is 0. The first-order chi connectivity index (χ1) is 10.2. The number of hydrogen-bond acceptors (Lipinski definition) is 2. The van der Waals surface area contributed by atoms with Crippen molar-refractivity contribution in [2.24, 2.45) is 5.73 Å². The summed E-state index contributed by atoms with van der Waals surface area (Å²) in [6.45, 7) is 0.732. The van der Waals surface area contributed by atoms with Crippen LogP contribution in [0.4, 0.5) is 0 Å². The van der Waals surface area contributed by atoms with Crippen molar-refractivity contribution in [2.45, 2.75) is 6.54 Å². The summed E-state index contributed by atoms with van der Waals surface area (Å²) in [5.74, 6) is -0.423. The summed E-state index contributed by atoms with van der Waals surface area (Å²) in [4.78, 5) is 13.7. The van der Waals surface area contributed by atoms with E-state index in [1.807, 2.05) is 65.8 Å². The maximum absolute atomic E-state index is 11.7. The van der Waals surface area contributed by atoms with Crippen LogP contribution in [0.1, 0.15) is 16.7 Å². The molecule has 0 aliphatic carbocycles. The van der Waals surface area contributed by atoms with Crippen LogP contribution in [0, 0.1) is 0 Å². The quantitative estimate of drug-likeness (QED) is 0.876. The maximum Gasteiger partial charge on any atom is 0.250 e. The van der Waals surface area contributed by atoms with E-state index in [9.17, 15) is 4.79 Å². The van der Waals surface area contributed by atoms with Crippen LogP contribution < -0.4 is 5.73 Å². The molecular weight excluding hydrogens is 260 g/mol. The number of primary amides is 1. The summed E-state index contributed by atoms with van der Waals surface area (Å²) in [6, 6.07) is 17.7. The smallest absolute Gasteiger partial charge is 0.250 e. The molecule has 0 atom stereocenters. The molecule has 1 aliphatic heterocycles. The van der Waals surface area contributed by atoms with Gasteiger partial charge in [0.15, 0.2) is 0 Å². The number of benzene rings is 2. The van der Waals surface area contributed by atoms with Crippen molar-refractivity contribution in [1.82, 2.24) is 4.90 Å². The molecular formula is C18H16N2O. The van der Waals surface area contributed by atoms with Crippen molar-refractivity contribution in [3.63, 3.8) is 0 Å². The standard InChI is InChI=1S/C18H16N2O/c19-18(21)17(15-7-2-1-3-8-15)13-20-11-10-14-6-4-5-9-16(14)12-20/h1-11,13H,12H2,(H2,19,21). The first-order valence-corrected chi connectivity index (χ1v) is 6.83. The molecule has 0 unspecified atom stereocenters. The fourth-order valence-corrected chi connectivity index (χ4v) is 2.42. The van der Waals surface area contributed by atoms with Crippen molar-refractivity contribution < 1.29 is 4.79 Å². The van der Waals surface area contributed by atoms with Gasteiger partial charge < -0.3 is 10.6 Å². The second-order valence-corrected chi connectivity index (χ2v) is 4.96. The number of carbonyl (C=O) groups is 1. The van der Waals surface area contributed by atoms with Crippen LogP contribution in [0.5, 0.6) is 0 Å². The van der Waals surface area contributed by atoms with E-state index >= 15 is 0 Å². The lowest BCUT2D eigenvalue weighted by Crippen LogP contribution is -2.19. The predicted octanol–water partition coefficient (Wildman–Crippen LogP) is 3.00. The topological polar surface area (TPSA) is 46.3 Å². The molecule has 21 heavy (non-hydrogen) atoms. The summed E-state index contributed by atoms with van der Waals surface area (Å²) in [6.07, 6.45) is 5.82. The zero-order valence-corrected chi connectivity index (χ0v) is 11.6. The zero-order valence-electron chi connectivity index (χ0n) is 11.6. The van der Waals surface area contributed by atoms with E-state index < -0.39 is 5.91 Å². The minimum atomic E-state index is -0.423. The fraction of sp³-hybridized carbons (Fsp3) is 0.0556. The minimum Gasteiger partial charge on any atom is -0.366 e. The first kappa shape index (κ1) is 13.2. The molecule has 0 radical (unpaired) electrons. The molecule has 3 rings (SSSR count). The third kappa shape index (κ3) is 2.87. The van der Waals surface area contributed by atoms with Gasteiger partial charge in [-0.25, -0.2) is 0 Å². The van der Waals surface area contributed by atoms with E-state index in [0.29, 0.717) is 5.57 Å². The van der Waals surface area contributed by atoms with E-state index in [-0.39, 0.29) is 0 Å². The Labute approximate surface area is 124 Å². The molecule has 1 aliphatic rings. The Morgan fingerprint density at radius 2 is 1.76 bits per heavy atom. The Bertz CT molecular complexity index is 717. The number of nitrogens with zero attached hydrogens (tertiary/aromatic N) is 1. The highest BCUT2D eigenvalue weighted by molar-refractivity contribution is 6.18. The lowest BCUT2D eigenvalue weighted by molar-refractivity contribution is -0.112. The third-order valence-corrected chi connectivity index (χ3v) is 3.50. The Balaban J connectivity index is 1.92. The molecule has 2 N–H and O–H groups in total. The summed E-state index contributed by atoms with van der Waals surface area (Å²) < 4.78 is 0. The highest BCUT2D eigenvalue weighted by Crippen LogP contribution is 2.22. The van der Waals surface area contributed by atoms with E-state index in [1.54, 1.807) is 0 Å². The number of rotatable bonds is 3. The van der Waals surface area contributed by atoms with Crippen molar-refractivity contribution in [3.8, 4) is 0 Å². The van der Waals surface area contributed by atoms with Gasteiger partial charge in [0.25, 0.3) is 5.91 Å². The largest absolute Gasteiger partial charge is 0.366 e. The fourth-order valence-electron chi connectivity index (χ4n) is 2.42. The molecule has 2 aromatic rings. The number of carbonyl (C=O) groups excluding carboxylic acids is 1. The van der Waals surface area contributed by atoms with Gasteiger partial charge in [0, 0.05) is 18.9 Å². The van der Waals surface area contributed by atoms with Crippen LogP contribution in [0.15, 0.2) is 67.0 Å². The van der Waals surface area contributed by atoms with Gasteiger partial charge >= 0.3 is 0 Å². The molecule has 2 aromatic carbocycles. The second kappa shape index (κ2) is 5.67. The summed E-state index contributed by atoms with van der Waals surface area (Å²) in [5.41, 5.74) is 9.31. The second-order valence-electron chi connectivity index (χ2n) is 4.96. The van der Waals surface area contributed by atoms with Crippen LogP contribution in [-0.2, 0) is 11.3 Å². The van der Waals surface area contributed by atoms with E-state index in [1.165, 1.54) is 11.1 Å². The van der Waals surface area contributed by atoms with Gasteiger partial charge in [-0.15, -0.1) is 0 Å². The average molecular weight is 276 g/mol. The van der Waals surface area contributed by atoms with Crippen LogP contribution in [-0.4, -0.2) is 10.8 Å². The normalized spacial score (nSPS) is 13.9. The number of nitrogens with two attached hydrogens (primary N) is 1. The van der Waals surface area contributed by atoms with E-state index in [0.717, 1.165) is 12.1 Å². The van der Waals surface area contributed by atoms with Crippen LogP contribution in [0.3, 0.4) is 0 Å². The van der Waals surface area contributed by atoms with Gasteiger partial charge in [-0.3, -0.25) is 4.79 Å². The predicted molar refractivity (Wildman–Crippen MR) is 84.6 cm³/mol. The van der Waals surface area contributed by atoms with Gasteiger partial charge in [-0.05, 0) is 22.8 Å². The first-order valence-electron chi connectivity index (χ1n) is 6.83. The van der Waals surface area contributed by atoms with E-state index in [2.05, 4.69) is 12.1 Å². The highest BCUT2D eigenvalue weighted by atomic mass is 16.1. The van der Waals surface area contributed by atoms with E-state index in [4.69, 9.17) is 5.73 Å². The van der Waals surface area contributed by atoms with Gasteiger partial charge in [-0.2, -0.15) is 0 Å². The van der Waals surface area contributed by atoms with Crippen LogP contribution in [0.2, 0.25) is 0 Å².